The van der Waals surface area contributed by atoms with Gasteiger partial charge in [0, 0.05) is 18.0 Å². The lowest BCUT2D eigenvalue weighted by atomic mass is 9.94. The molecule has 0 saturated heterocycles. The molecule has 3 heteroatoms. The number of rotatable bonds is 3. The number of carbonyl (C=O) groups excluding carboxylic acids is 1. The Labute approximate surface area is 114 Å². The van der Waals surface area contributed by atoms with Crippen molar-refractivity contribution in [2.45, 2.75) is 58.4 Å². The van der Waals surface area contributed by atoms with Crippen molar-refractivity contribution in [3.05, 3.63) is 21.4 Å². The van der Waals surface area contributed by atoms with Crippen LogP contribution in [-0.2, 0) is 6.42 Å². The van der Waals surface area contributed by atoms with E-state index in [4.69, 9.17) is 0 Å². The van der Waals surface area contributed by atoms with E-state index in [1.54, 1.807) is 11.3 Å². The number of nitrogens with zero attached hydrogens (tertiary/aromatic N) is 1. The van der Waals surface area contributed by atoms with E-state index >= 15 is 0 Å². The average molecular weight is 265 g/mol. The molecule has 1 amide bonds. The number of thiophene rings is 1. The quantitative estimate of drug-likeness (QED) is 0.808. The molecule has 0 N–H and O–H groups in total. The summed E-state index contributed by atoms with van der Waals surface area (Å²) in [5.41, 5.74) is 1.27. The largest absolute Gasteiger partial charge is 0.338 e. The summed E-state index contributed by atoms with van der Waals surface area (Å²) in [5, 5.41) is 0. The second-order valence-corrected chi connectivity index (χ2v) is 6.42. The van der Waals surface area contributed by atoms with Crippen LogP contribution in [0, 0.1) is 6.92 Å². The molecule has 0 aliphatic heterocycles. The topological polar surface area (TPSA) is 20.3 Å². The number of hydrogen-bond donors (Lipinski definition) is 0. The predicted octanol–water partition coefficient (Wildman–Crippen LogP) is 4.02. The van der Waals surface area contributed by atoms with Crippen LogP contribution in [0.2, 0.25) is 0 Å². The van der Waals surface area contributed by atoms with Crippen LogP contribution < -0.4 is 0 Å². The van der Waals surface area contributed by atoms with Gasteiger partial charge in [0.25, 0.3) is 5.91 Å². The van der Waals surface area contributed by atoms with Gasteiger partial charge in [0.15, 0.2) is 0 Å². The lowest BCUT2D eigenvalue weighted by Gasteiger charge is -2.30. The molecule has 0 unspecified atom stereocenters. The first-order valence-corrected chi connectivity index (χ1v) is 7.81. The van der Waals surface area contributed by atoms with Gasteiger partial charge in [-0.3, -0.25) is 4.79 Å². The highest BCUT2D eigenvalue weighted by Gasteiger charge is 2.24. The fourth-order valence-electron chi connectivity index (χ4n) is 2.78. The minimum atomic E-state index is 0.217. The molecule has 0 atom stereocenters. The molecule has 0 bridgehead atoms. The van der Waals surface area contributed by atoms with Gasteiger partial charge in [0.05, 0.1) is 4.88 Å². The van der Waals surface area contributed by atoms with E-state index in [2.05, 4.69) is 19.9 Å². The molecule has 0 aromatic carbocycles. The van der Waals surface area contributed by atoms with Gasteiger partial charge in [-0.15, -0.1) is 11.3 Å². The first-order valence-electron chi connectivity index (χ1n) is 7.00. The third-order valence-electron chi connectivity index (χ3n) is 4.00. The summed E-state index contributed by atoms with van der Waals surface area (Å²) in [7, 11) is 1.97. The zero-order valence-electron chi connectivity index (χ0n) is 11.7. The first-order chi connectivity index (χ1) is 8.63. The minimum Gasteiger partial charge on any atom is -0.338 e. The Bertz CT molecular complexity index is 418. The van der Waals surface area contributed by atoms with E-state index in [9.17, 15) is 4.79 Å². The lowest BCUT2D eigenvalue weighted by molar-refractivity contribution is 0.0701. The van der Waals surface area contributed by atoms with E-state index in [0.717, 1.165) is 11.3 Å². The standard InChI is InChI=1S/C15H23NOS/c1-4-13-11(2)10-14(18-13)15(17)16(3)12-8-6-5-7-9-12/h10,12H,4-9H2,1-3H3. The second-order valence-electron chi connectivity index (χ2n) is 5.28. The molecule has 2 rings (SSSR count). The zero-order valence-corrected chi connectivity index (χ0v) is 12.5. The van der Waals surface area contributed by atoms with E-state index in [-0.39, 0.29) is 5.91 Å². The molecule has 1 heterocycles. The molecule has 1 fully saturated rings. The van der Waals surface area contributed by atoms with Crippen molar-refractivity contribution in [1.82, 2.24) is 4.90 Å². The van der Waals surface area contributed by atoms with Gasteiger partial charge in [-0.25, -0.2) is 0 Å². The van der Waals surface area contributed by atoms with E-state index in [1.807, 2.05) is 11.9 Å². The van der Waals surface area contributed by atoms with Crippen molar-refractivity contribution in [2.24, 2.45) is 0 Å². The highest BCUT2D eigenvalue weighted by molar-refractivity contribution is 7.14. The smallest absolute Gasteiger partial charge is 0.263 e. The zero-order chi connectivity index (χ0) is 13.1. The number of aryl methyl sites for hydroxylation is 2. The monoisotopic (exact) mass is 265 g/mol. The minimum absolute atomic E-state index is 0.217. The second kappa shape index (κ2) is 5.87. The van der Waals surface area contributed by atoms with Crippen molar-refractivity contribution in [3.63, 3.8) is 0 Å². The summed E-state index contributed by atoms with van der Waals surface area (Å²) in [5.74, 6) is 0.217. The van der Waals surface area contributed by atoms with E-state index in [0.29, 0.717) is 6.04 Å². The molecule has 1 saturated carbocycles. The number of carbonyl (C=O) groups is 1. The maximum Gasteiger partial charge on any atom is 0.263 e. The van der Waals surface area contributed by atoms with Crippen molar-refractivity contribution < 1.29 is 4.79 Å². The summed E-state index contributed by atoms with van der Waals surface area (Å²) in [6.45, 7) is 4.25. The molecular weight excluding hydrogens is 242 g/mol. The van der Waals surface area contributed by atoms with Gasteiger partial charge in [-0.2, -0.15) is 0 Å². The molecule has 1 aromatic rings. The van der Waals surface area contributed by atoms with Crippen LogP contribution in [0.15, 0.2) is 6.07 Å². The van der Waals surface area contributed by atoms with Crippen LogP contribution in [0.1, 0.15) is 59.1 Å². The Morgan fingerprint density at radius 3 is 2.61 bits per heavy atom. The SMILES string of the molecule is CCc1sc(C(=O)N(C)C2CCCCC2)cc1C. The number of amides is 1. The van der Waals surface area contributed by atoms with Gasteiger partial charge >= 0.3 is 0 Å². The predicted molar refractivity (Wildman–Crippen MR) is 77.4 cm³/mol. The Kier molecular flexibility index (Phi) is 4.44. The molecule has 100 valence electrons. The van der Waals surface area contributed by atoms with Gasteiger partial charge in [-0.1, -0.05) is 26.2 Å². The fourth-order valence-corrected chi connectivity index (χ4v) is 3.88. The molecule has 0 spiro atoms. The van der Waals surface area contributed by atoms with Crippen LogP contribution in [0.5, 0.6) is 0 Å². The first kappa shape index (κ1) is 13.6. The molecule has 2 nitrogen and oxygen atoms in total. The van der Waals surface area contributed by atoms with Gasteiger partial charge in [0.2, 0.25) is 0 Å². The van der Waals surface area contributed by atoms with Crippen LogP contribution in [0.4, 0.5) is 0 Å². The third kappa shape index (κ3) is 2.77. The normalized spacial score (nSPS) is 16.8. The van der Waals surface area contributed by atoms with Crippen molar-refractivity contribution in [2.75, 3.05) is 7.05 Å². The molecular formula is C15H23NOS. The summed E-state index contributed by atoms with van der Waals surface area (Å²) >= 11 is 1.67. The molecule has 0 radical (unpaired) electrons. The summed E-state index contributed by atoms with van der Waals surface area (Å²) < 4.78 is 0. The van der Waals surface area contributed by atoms with E-state index in [1.165, 1.54) is 42.5 Å². The molecule has 1 aliphatic rings. The van der Waals surface area contributed by atoms with Crippen molar-refractivity contribution in [3.8, 4) is 0 Å². The number of hydrogen-bond acceptors (Lipinski definition) is 2. The maximum absolute atomic E-state index is 12.5. The Morgan fingerprint density at radius 1 is 1.39 bits per heavy atom. The third-order valence-corrected chi connectivity index (χ3v) is 5.36. The molecule has 1 aromatic heterocycles. The van der Waals surface area contributed by atoms with Crippen molar-refractivity contribution in [1.29, 1.82) is 0 Å². The fraction of sp³-hybridized carbons (Fsp3) is 0.667. The Hall–Kier alpha value is -0.830. The molecule has 1 aliphatic carbocycles. The summed E-state index contributed by atoms with van der Waals surface area (Å²) in [4.78, 5) is 16.7. The highest BCUT2D eigenvalue weighted by atomic mass is 32.1. The molecule has 18 heavy (non-hydrogen) atoms. The van der Waals surface area contributed by atoms with Crippen LogP contribution in [0.25, 0.3) is 0 Å². The summed E-state index contributed by atoms with van der Waals surface area (Å²) in [6.07, 6.45) is 7.24. The van der Waals surface area contributed by atoms with Gasteiger partial charge in [-0.05, 0) is 37.8 Å². The Morgan fingerprint density at radius 2 is 2.06 bits per heavy atom. The van der Waals surface area contributed by atoms with E-state index < -0.39 is 0 Å². The summed E-state index contributed by atoms with van der Waals surface area (Å²) in [6, 6.07) is 2.52. The average Bonchev–Trinajstić information content (AvgIpc) is 2.79. The highest BCUT2D eigenvalue weighted by Crippen LogP contribution is 2.27. The Balaban J connectivity index is 2.09. The lowest BCUT2D eigenvalue weighted by Crippen LogP contribution is -2.37. The van der Waals surface area contributed by atoms with Gasteiger partial charge in [0.1, 0.15) is 0 Å². The van der Waals surface area contributed by atoms with Crippen LogP contribution >= 0.6 is 11.3 Å². The maximum atomic E-state index is 12.5. The van der Waals surface area contributed by atoms with Gasteiger partial charge < -0.3 is 4.90 Å². The van der Waals surface area contributed by atoms with Crippen molar-refractivity contribution >= 4 is 17.2 Å². The van der Waals surface area contributed by atoms with Crippen LogP contribution in [-0.4, -0.2) is 23.9 Å². The van der Waals surface area contributed by atoms with Crippen LogP contribution in [0.3, 0.4) is 0 Å².